The quantitative estimate of drug-likeness (QED) is 0.648. The van der Waals surface area contributed by atoms with Crippen LogP contribution in [0.2, 0.25) is 0 Å². The summed E-state index contributed by atoms with van der Waals surface area (Å²) in [5.74, 6) is -1.05. The summed E-state index contributed by atoms with van der Waals surface area (Å²) in [5, 5.41) is 2.86. The summed E-state index contributed by atoms with van der Waals surface area (Å²) in [5.41, 5.74) is 3.88. The van der Waals surface area contributed by atoms with Crippen LogP contribution in [0.25, 0.3) is 0 Å². The molecule has 4 rings (SSSR count). The molecule has 2 aromatic rings. The van der Waals surface area contributed by atoms with Crippen LogP contribution in [0.5, 0.6) is 0 Å². The van der Waals surface area contributed by atoms with E-state index in [4.69, 9.17) is 0 Å². The Labute approximate surface area is 203 Å². The zero-order valence-electron chi connectivity index (χ0n) is 20.1. The fraction of sp³-hybridized carbons (Fsp3) is 0.480. The van der Waals surface area contributed by atoms with E-state index in [-0.39, 0.29) is 0 Å². The van der Waals surface area contributed by atoms with Crippen molar-refractivity contribution in [1.82, 2.24) is 9.21 Å². The highest BCUT2D eigenvalue weighted by Crippen LogP contribution is 2.27. The van der Waals surface area contributed by atoms with Gasteiger partial charge in [-0.25, -0.2) is 8.42 Å². The Morgan fingerprint density at radius 3 is 2.24 bits per heavy atom. The number of hydrogen-bond donors (Lipinski definition) is 1. The normalized spacial score (nSPS) is 18.2. The number of carbonyl (C=O) groups is 1. The molecule has 2 aliphatic heterocycles. The van der Waals surface area contributed by atoms with Gasteiger partial charge in [0.2, 0.25) is 15.9 Å². The third-order valence-corrected chi connectivity index (χ3v) is 8.43. The first kappa shape index (κ1) is 24.5. The third kappa shape index (κ3) is 5.89. The van der Waals surface area contributed by atoms with Gasteiger partial charge in [0.1, 0.15) is 5.75 Å². The highest BCUT2D eigenvalue weighted by molar-refractivity contribution is 7.89. The SMILES string of the molecule is CCN1CCN(c2ccccc2NC(=O)CS(=O)(=O)N2CCN(c3cccc(C)c3)CC2)CC1. The lowest BCUT2D eigenvalue weighted by Gasteiger charge is -2.36. The Bertz CT molecular complexity index is 1090. The van der Waals surface area contributed by atoms with Crippen LogP contribution in [0.4, 0.5) is 17.1 Å². The van der Waals surface area contributed by atoms with Crippen molar-refractivity contribution >= 4 is 33.0 Å². The zero-order chi connectivity index (χ0) is 24.1. The zero-order valence-corrected chi connectivity index (χ0v) is 20.9. The Morgan fingerprint density at radius 1 is 0.882 bits per heavy atom. The van der Waals surface area contributed by atoms with E-state index in [2.05, 4.69) is 33.0 Å². The van der Waals surface area contributed by atoms with Crippen molar-refractivity contribution in [3.05, 3.63) is 54.1 Å². The number of rotatable bonds is 7. The van der Waals surface area contributed by atoms with Crippen molar-refractivity contribution in [2.45, 2.75) is 13.8 Å². The molecule has 2 aliphatic rings. The molecule has 8 nitrogen and oxygen atoms in total. The summed E-state index contributed by atoms with van der Waals surface area (Å²) in [7, 11) is -3.69. The van der Waals surface area contributed by atoms with Crippen molar-refractivity contribution < 1.29 is 13.2 Å². The van der Waals surface area contributed by atoms with Crippen LogP contribution < -0.4 is 15.1 Å². The first-order valence-corrected chi connectivity index (χ1v) is 13.6. The van der Waals surface area contributed by atoms with Gasteiger partial charge < -0.3 is 20.0 Å². The number of likely N-dealkylation sites (N-methyl/N-ethyl adjacent to an activating group) is 1. The van der Waals surface area contributed by atoms with Gasteiger partial charge in [0.25, 0.3) is 0 Å². The Morgan fingerprint density at radius 2 is 1.56 bits per heavy atom. The Hall–Kier alpha value is -2.62. The van der Waals surface area contributed by atoms with Gasteiger partial charge >= 0.3 is 0 Å². The molecule has 1 N–H and O–H groups in total. The monoisotopic (exact) mass is 485 g/mol. The highest BCUT2D eigenvalue weighted by Gasteiger charge is 2.29. The molecule has 34 heavy (non-hydrogen) atoms. The predicted molar refractivity (Wildman–Crippen MR) is 138 cm³/mol. The molecule has 0 spiro atoms. The minimum atomic E-state index is -3.69. The second kappa shape index (κ2) is 10.8. The van der Waals surface area contributed by atoms with Crippen LogP contribution in [-0.4, -0.2) is 88.2 Å². The average molecular weight is 486 g/mol. The van der Waals surface area contributed by atoms with Crippen molar-refractivity contribution in [3.63, 3.8) is 0 Å². The van der Waals surface area contributed by atoms with Gasteiger partial charge in [-0.15, -0.1) is 0 Å². The van der Waals surface area contributed by atoms with E-state index in [0.29, 0.717) is 31.9 Å². The number of benzene rings is 2. The molecule has 2 aromatic carbocycles. The number of hydrogen-bond acceptors (Lipinski definition) is 6. The second-order valence-electron chi connectivity index (χ2n) is 8.97. The molecule has 0 saturated carbocycles. The van der Waals surface area contributed by atoms with Gasteiger partial charge in [0, 0.05) is 58.0 Å². The van der Waals surface area contributed by atoms with Crippen molar-refractivity contribution in [1.29, 1.82) is 0 Å². The van der Waals surface area contributed by atoms with E-state index in [1.165, 1.54) is 9.87 Å². The summed E-state index contributed by atoms with van der Waals surface area (Å²) in [6.07, 6.45) is 0. The number of amides is 1. The molecule has 9 heteroatoms. The molecule has 0 radical (unpaired) electrons. The first-order valence-electron chi connectivity index (χ1n) is 12.0. The van der Waals surface area contributed by atoms with Crippen LogP contribution in [0.3, 0.4) is 0 Å². The third-order valence-electron chi connectivity index (χ3n) is 6.65. The molecule has 2 heterocycles. The molecule has 0 bridgehead atoms. The van der Waals surface area contributed by atoms with Crippen LogP contribution >= 0.6 is 0 Å². The van der Waals surface area contributed by atoms with Gasteiger partial charge in [-0.2, -0.15) is 4.31 Å². The lowest BCUT2D eigenvalue weighted by molar-refractivity contribution is -0.113. The number of nitrogens with one attached hydrogen (secondary N) is 1. The topological polar surface area (TPSA) is 76.2 Å². The summed E-state index contributed by atoms with van der Waals surface area (Å²) in [6.45, 7) is 10.9. The second-order valence-corrected chi connectivity index (χ2v) is 10.9. The van der Waals surface area contributed by atoms with Crippen LogP contribution in [0.15, 0.2) is 48.5 Å². The van der Waals surface area contributed by atoms with Crippen molar-refractivity contribution in [2.75, 3.05) is 79.8 Å². The number of sulfonamides is 1. The largest absolute Gasteiger partial charge is 0.369 e. The van der Waals surface area contributed by atoms with E-state index < -0.39 is 21.7 Å². The van der Waals surface area contributed by atoms with E-state index in [1.54, 1.807) is 0 Å². The number of piperazine rings is 2. The molecule has 0 atom stereocenters. The maximum atomic E-state index is 13.0. The summed E-state index contributed by atoms with van der Waals surface area (Å²) < 4.78 is 27.4. The van der Waals surface area contributed by atoms with Gasteiger partial charge in [-0.1, -0.05) is 31.2 Å². The van der Waals surface area contributed by atoms with Gasteiger partial charge in [0.05, 0.1) is 11.4 Å². The van der Waals surface area contributed by atoms with Crippen molar-refractivity contribution in [3.8, 4) is 0 Å². The molecular weight excluding hydrogens is 450 g/mol. The molecule has 184 valence electrons. The molecule has 2 fully saturated rings. The van der Waals surface area contributed by atoms with Gasteiger partial charge in [-0.3, -0.25) is 4.79 Å². The minimum Gasteiger partial charge on any atom is -0.369 e. The molecule has 2 saturated heterocycles. The number of carbonyl (C=O) groups excluding carboxylic acids is 1. The van der Waals surface area contributed by atoms with Gasteiger partial charge in [-0.05, 0) is 43.3 Å². The lowest BCUT2D eigenvalue weighted by Crippen LogP contribution is -2.50. The standard InChI is InChI=1S/C25H35N5O3S/c1-3-27-11-13-29(14-12-27)24-10-5-4-9-23(24)26-25(31)20-34(32,33)30-17-15-28(16-18-30)22-8-6-7-21(2)19-22/h4-10,19H,3,11-18,20H2,1-2H3,(H,26,31). The molecule has 0 unspecified atom stereocenters. The Kier molecular flexibility index (Phi) is 7.75. The summed E-state index contributed by atoms with van der Waals surface area (Å²) >= 11 is 0. The maximum Gasteiger partial charge on any atom is 0.241 e. The number of para-hydroxylation sites is 2. The molecule has 1 amide bonds. The van der Waals surface area contributed by atoms with E-state index >= 15 is 0 Å². The predicted octanol–water partition coefficient (Wildman–Crippen LogP) is 2.23. The van der Waals surface area contributed by atoms with Crippen LogP contribution in [0.1, 0.15) is 12.5 Å². The van der Waals surface area contributed by atoms with Gasteiger partial charge in [0.15, 0.2) is 0 Å². The molecule has 0 aliphatic carbocycles. The van der Waals surface area contributed by atoms with Crippen LogP contribution in [0, 0.1) is 6.92 Å². The summed E-state index contributed by atoms with van der Waals surface area (Å²) in [4.78, 5) is 19.6. The smallest absolute Gasteiger partial charge is 0.241 e. The van der Waals surface area contributed by atoms with Crippen molar-refractivity contribution in [2.24, 2.45) is 0 Å². The minimum absolute atomic E-state index is 0.377. The number of nitrogens with zero attached hydrogens (tertiary/aromatic N) is 4. The van der Waals surface area contributed by atoms with E-state index in [9.17, 15) is 13.2 Å². The highest BCUT2D eigenvalue weighted by atomic mass is 32.2. The molecular formula is C25H35N5O3S. The number of anilines is 3. The lowest BCUT2D eigenvalue weighted by atomic mass is 10.2. The average Bonchev–Trinajstić information content (AvgIpc) is 2.84. The van der Waals surface area contributed by atoms with E-state index in [1.807, 2.05) is 49.4 Å². The first-order chi connectivity index (χ1) is 16.4. The van der Waals surface area contributed by atoms with E-state index in [0.717, 1.165) is 44.1 Å². The molecule has 0 aromatic heterocycles. The van der Waals surface area contributed by atoms with Crippen LogP contribution in [-0.2, 0) is 14.8 Å². The summed E-state index contributed by atoms with van der Waals surface area (Å²) in [6, 6.07) is 15.8. The number of aryl methyl sites for hydroxylation is 1. The maximum absolute atomic E-state index is 13.0. The fourth-order valence-electron chi connectivity index (χ4n) is 4.65. The fourth-order valence-corrected chi connectivity index (χ4v) is 5.96. The Balaban J connectivity index is 1.34.